The van der Waals surface area contributed by atoms with Crippen LogP contribution in [0, 0.1) is 0 Å². The molecule has 0 atom stereocenters. The molecular formula is C10H12N2S. The molecule has 0 saturated carbocycles. The summed E-state index contributed by atoms with van der Waals surface area (Å²) in [5.41, 5.74) is 8.90. The Labute approximate surface area is 82.8 Å². The van der Waals surface area contributed by atoms with Crippen LogP contribution < -0.4 is 5.73 Å². The fourth-order valence-electron chi connectivity index (χ4n) is 1.56. The number of nitrogens with two attached hydrogens (primary N) is 1. The van der Waals surface area contributed by atoms with Gasteiger partial charge in [0.1, 0.15) is 0 Å². The van der Waals surface area contributed by atoms with Gasteiger partial charge in [-0.3, -0.25) is 0 Å². The number of hydrogen-bond donors (Lipinski definition) is 2. The first-order valence-corrected chi connectivity index (χ1v) is 4.80. The third-order valence-electron chi connectivity index (χ3n) is 2.33. The summed E-state index contributed by atoms with van der Waals surface area (Å²) in [5.74, 6) is 0.755. The first-order chi connectivity index (χ1) is 6.22. The minimum atomic E-state index is 0.755. The Morgan fingerprint density at radius 3 is 2.85 bits per heavy atom. The van der Waals surface area contributed by atoms with Gasteiger partial charge in [0.25, 0.3) is 0 Å². The maximum atomic E-state index is 5.71. The lowest BCUT2D eigenvalue weighted by Gasteiger charge is -2.00. The summed E-state index contributed by atoms with van der Waals surface area (Å²) in [6.07, 6.45) is 0. The van der Waals surface area contributed by atoms with Gasteiger partial charge in [-0.15, -0.1) is 0 Å². The van der Waals surface area contributed by atoms with Gasteiger partial charge in [-0.05, 0) is 18.2 Å². The van der Waals surface area contributed by atoms with E-state index in [1.165, 1.54) is 16.6 Å². The van der Waals surface area contributed by atoms with Crippen molar-refractivity contribution in [3.63, 3.8) is 0 Å². The van der Waals surface area contributed by atoms with Crippen molar-refractivity contribution in [1.82, 2.24) is 4.57 Å². The second-order valence-corrected chi connectivity index (χ2v) is 3.49. The lowest BCUT2D eigenvalue weighted by Crippen LogP contribution is -1.93. The van der Waals surface area contributed by atoms with Crippen LogP contribution in [0.3, 0.4) is 0 Å². The van der Waals surface area contributed by atoms with Gasteiger partial charge in [-0.25, -0.2) is 0 Å². The van der Waals surface area contributed by atoms with Gasteiger partial charge < -0.3 is 10.3 Å². The Balaban J connectivity index is 2.77. The zero-order valence-corrected chi connectivity index (χ0v) is 8.38. The van der Waals surface area contributed by atoms with E-state index < -0.39 is 0 Å². The van der Waals surface area contributed by atoms with Gasteiger partial charge in [0, 0.05) is 29.6 Å². The number of fused-ring (bicyclic) bond motifs is 1. The first kappa shape index (κ1) is 8.51. The summed E-state index contributed by atoms with van der Waals surface area (Å²) >= 11 is 4.26. The largest absolute Gasteiger partial charge is 0.399 e. The van der Waals surface area contributed by atoms with Crippen LogP contribution >= 0.6 is 12.6 Å². The molecule has 0 amide bonds. The van der Waals surface area contributed by atoms with Crippen molar-refractivity contribution in [3.8, 4) is 0 Å². The number of nitrogens with zero attached hydrogens (tertiary/aromatic N) is 1. The molecule has 0 aliphatic carbocycles. The van der Waals surface area contributed by atoms with Gasteiger partial charge >= 0.3 is 0 Å². The Morgan fingerprint density at radius 1 is 1.38 bits per heavy atom. The topological polar surface area (TPSA) is 30.9 Å². The van der Waals surface area contributed by atoms with Gasteiger partial charge in [0.05, 0.1) is 5.52 Å². The van der Waals surface area contributed by atoms with Crippen LogP contribution in [0.25, 0.3) is 10.9 Å². The van der Waals surface area contributed by atoms with Crippen molar-refractivity contribution in [3.05, 3.63) is 30.0 Å². The molecule has 0 unspecified atom stereocenters. The van der Waals surface area contributed by atoms with Crippen molar-refractivity contribution in [1.29, 1.82) is 0 Å². The fraction of sp³-hybridized carbons (Fsp3) is 0.200. The third-order valence-corrected chi connectivity index (χ3v) is 2.65. The molecule has 0 aliphatic heterocycles. The second-order valence-electron chi connectivity index (χ2n) is 3.17. The highest BCUT2D eigenvalue weighted by atomic mass is 32.1. The van der Waals surface area contributed by atoms with E-state index in [1.807, 2.05) is 25.2 Å². The Bertz CT molecular complexity index is 445. The number of rotatable bonds is 1. The van der Waals surface area contributed by atoms with Crippen LogP contribution in [-0.2, 0) is 12.8 Å². The Hall–Kier alpha value is -1.09. The van der Waals surface area contributed by atoms with Crippen LogP contribution in [0.1, 0.15) is 5.69 Å². The molecule has 68 valence electrons. The second kappa shape index (κ2) is 3.00. The van der Waals surface area contributed by atoms with E-state index >= 15 is 0 Å². The number of benzene rings is 1. The monoisotopic (exact) mass is 192 g/mol. The lowest BCUT2D eigenvalue weighted by molar-refractivity contribution is 0.911. The molecule has 1 aromatic heterocycles. The molecule has 0 radical (unpaired) electrons. The maximum absolute atomic E-state index is 5.71. The number of aromatic nitrogens is 1. The summed E-state index contributed by atoms with van der Waals surface area (Å²) in [5, 5.41) is 1.22. The smallest absolute Gasteiger partial charge is 0.0500 e. The molecule has 2 nitrogen and oxygen atoms in total. The number of nitrogen functional groups attached to an aromatic ring is 1. The van der Waals surface area contributed by atoms with Crippen molar-refractivity contribution in [2.75, 3.05) is 5.73 Å². The number of thiol groups is 1. The zero-order chi connectivity index (χ0) is 9.42. The highest BCUT2D eigenvalue weighted by Gasteiger charge is 2.03. The van der Waals surface area contributed by atoms with Crippen LogP contribution in [0.2, 0.25) is 0 Å². The first-order valence-electron chi connectivity index (χ1n) is 4.17. The maximum Gasteiger partial charge on any atom is 0.0500 e. The van der Waals surface area contributed by atoms with Gasteiger partial charge in [0.2, 0.25) is 0 Å². The van der Waals surface area contributed by atoms with E-state index in [-0.39, 0.29) is 0 Å². The summed E-state index contributed by atoms with van der Waals surface area (Å²) in [6, 6.07) is 8.09. The van der Waals surface area contributed by atoms with Crippen LogP contribution in [0.4, 0.5) is 5.69 Å². The van der Waals surface area contributed by atoms with E-state index in [2.05, 4.69) is 23.3 Å². The molecule has 2 rings (SSSR count). The predicted molar refractivity (Wildman–Crippen MR) is 60.0 cm³/mol. The molecule has 0 fully saturated rings. The summed E-state index contributed by atoms with van der Waals surface area (Å²) < 4.78 is 2.12. The van der Waals surface area contributed by atoms with Crippen molar-refractivity contribution in [2.24, 2.45) is 7.05 Å². The highest BCUT2D eigenvalue weighted by Crippen LogP contribution is 2.21. The molecule has 3 heteroatoms. The highest BCUT2D eigenvalue weighted by molar-refractivity contribution is 7.79. The molecule has 0 aliphatic rings. The normalized spacial score (nSPS) is 10.9. The van der Waals surface area contributed by atoms with Crippen molar-refractivity contribution < 1.29 is 0 Å². The predicted octanol–water partition coefficient (Wildman–Crippen LogP) is 2.19. The van der Waals surface area contributed by atoms with E-state index in [4.69, 9.17) is 5.73 Å². The van der Waals surface area contributed by atoms with Gasteiger partial charge in [-0.2, -0.15) is 12.6 Å². The molecule has 13 heavy (non-hydrogen) atoms. The standard InChI is InChI=1S/C10H12N2S/c1-12-9(6-13)4-7-2-3-8(11)5-10(7)12/h2-5,13H,6,11H2,1H3. The molecule has 0 bridgehead atoms. The summed E-state index contributed by atoms with van der Waals surface area (Å²) in [4.78, 5) is 0. The Kier molecular flexibility index (Phi) is 1.96. The SMILES string of the molecule is Cn1c(CS)cc2ccc(N)cc21. The van der Waals surface area contributed by atoms with Gasteiger partial charge in [-0.1, -0.05) is 6.07 Å². The molecule has 1 heterocycles. The lowest BCUT2D eigenvalue weighted by atomic mass is 10.2. The molecule has 2 N–H and O–H groups in total. The zero-order valence-electron chi connectivity index (χ0n) is 7.49. The molecule has 1 aromatic carbocycles. The average Bonchev–Trinajstić information content (AvgIpc) is 2.44. The quantitative estimate of drug-likeness (QED) is 0.526. The van der Waals surface area contributed by atoms with Crippen molar-refractivity contribution >= 4 is 29.2 Å². The third kappa shape index (κ3) is 1.29. The average molecular weight is 192 g/mol. The molecule has 2 aromatic rings. The van der Waals surface area contributed by atoms with E-state index in [1.54, 1.807) is 0 Å². The number of hydrogen-bond acceptors (Lipinski definition) is 2. The van der Waals surface area contributed by atoms with Crippen LogP contribution in [0.5, 0.6) is 0 Å². The van der Waals surface area contributed by atoms with Crippen molar-refractivity contribution in [2.45, 2.75) is 5.75 Å². The van der Waals surface area contributed by atoms with E-state index in [0.29, 0.717) is 0 Å². The van der Waals surface area contributed by atoms with Crippen LogP contribution in [-0.4, -0.2) is 4.57 Å². The number of anilines is 1. The molecule has 0 saturated heterocycles. The minimum Gasteiger partial charge on any atom is -0.399 e. The van der Waals surface area contributed by atoms with E-state index in [9.17, 15) is 0 Å². The molecule has 0 spiro atoms. The number of aryl methyl sites for hydroxylation is 1. The molecular weight excluding hydrogens is 180 g/mol. The Morgan fingerprint density at radius 2 is 2.15 bits per heavy atom. The summed E-state index contributed by atoms with van der Waals surface area (Å²) in [7, 11) is 2.04. The van der Waals surface area contributed by atoms with Gasteiger partial charge in [0.15, 0.2) is 0 Å². The minimum absolute atomic E-state index is 0.755. The fourth-order valence-corrected chi connectivity index (χ4v) is 1.86. The van der Waals surface area contributed by atoms with Crippen LogP contribution in [0.15, 0.2) is 24.3 Å². The van der Waals surface area contributed by atoms with E-state index in [0.717, 1.165) is 11.4 Å². The summed E-state index contributed by atoms with van der Waals surface area (Å²) in [6.45, 7) is 0.